The number of nitrogens with zero attached hydrogens (tertiary/aromatic N) is 2. The largest absolute Gasteiger partial charge is 0.497 e. The molecule has 0 saturated heterocycles. The molecule has 33 heavy (non-hydrogen) atoms. The topological polar surface area (TPSA) is 63.3 Å². The van der Waals surface area contributed by atoms with Crippen LogP contribution in [0.15, 0.2) is 30.9 Å². The van der Waals surface area contributed by atoms with Gasteiger partial charge in [0.05, 0.1) is 26.0 Å². The van der Waals surface area contributed by atoms with Crippen LogP contribution in [0.3, 0.4) is 0 Å². The highest BCUT2D eigenvalue weighted by Crippen LogP contribution is 2.30. The molecule has 0 bridgehead atoms. The summed E-state index contributed by atoms with van der Waals surface area (Å²) in [6.45, 7) is 6.70. The van der Waals surface area contributed by atoms with E-state index < -0.39 is 0 Å². The molecule has 2 amide bonds. The smallest absolute Gasteiger partial charge is 0.321 e. The van der Waals surface area contributed by atoms with E-state index in [9.17, 15) is 4.79 Å². The number of hydrogen-bond donors (Lipinski definition) is 1. The lowest BCUT2D eigenvalue weighted by molar-refractivity contribution is 0.0130. The van der Waals surface area contributed by atoms with Crippen LogP contribution in [0, 0.1) is 0 Å². The lowest BCUT2D eigenvalue weighted by Crippen LogP contribution is -2.42. The predicted molar refractivity (Wildman–Crippen MR) is 134 cm³/mol. The van der Waals surface area contributed by atoms with Crippen molar-refractivity contribution in [2.75, 3.05) is 53.3 Å². The molecule has 1 fully saturated rings. The van der Waals surface area contributed by atoms with Crippen LogP contribution < -0.4 is 14.8 Å². The number of carbonyl (C=O) groups is 1. The van der Waals surface area contributed by atoms with E-state index in [1.54, 1.807) is 26.4 Å². The highest BCUT2D eigenvalue weighted by Gasteiger charge is 2.27. The van der Waals surface area contributed by atoms with E-state index >= 15 is 0 Å². The molecule has 7 nitrogen and oxygen atoms in total. The van der Waals surface area contributed by atoms with Crippen LogP contribution in [0.25, 0.3) is 0 Å². The Kier molecular flexibility index (Phi) is 12.1. The fraction of sp³-hybridized carbons (Fsp3) is 0.654. The number of rotatable bonds is 14. The monoisotopic (exact) mass is 461 g/mol. The number of unbranched alkanes of at least 4 members (excludes halogenated alkanes) is 3. The molecule has 1 aliphatic rings. The third kappa shape index (κ3) is 9.26. The van der Waals surface area contributed by atoms with Crippen molar-refractivity contribution in [1.82, 2.24) is 9.80 Å². The van der Waals surface area contributed by atoms with Gasteiger partial charge in [-0.25, -0.2) is 4.79 Å². The number of urea groups is 1. The SMILES string of the molecule is C=CCN(C)CCCCCCOC1CCC(N(C)C(=O)Nc2ccc(OC)cc2OC)CC1. The first-order valence-electron chi connectivity index (χ1n) is 12.1. The minimum atomic E-state index is -0.124. The van der Waals surface area contributed by atoms with Crippen molar-refractivity contribution in [2.45, 2.75) is 63.5 Å². The summed E-state index contributed by atoms with van der Waals surface area (Å²) < 4.78 is 16.7. The number of methoxy groups -OCH3 is 2. The first-order chi connectivity index (χ1) is 16.0. The van der Waals surface area contributed by atoms with Gasteiger partial charge in [0, 0.05) is 32.3 Å². The van der Waals surface area contributed by atoms with Crippen LogP contribution in [0.5, 0.6) is 11.5 Å². The van der Waals surface area contributed by atoms with Gasteiger partial charge in [-0.1, -0.05) is 18.9 Å². The summed E-state index contributed by atoms with van der Waals surface area (Å²) in [5, 5.41) is 2.96. The van der Waals surface area contributed by atoms with Gasteiger partial charge in [-0.15, -0.1) is 6.58 Å². The van der Waals surface area contributed by atoms with Gasteiger partial charge in [-0.3, -0.25) is 0 Å². The Morgan fingerprint density at radius 3 is 2.48 bits per heavy atom. The van der Waals surface area contributed by atoms with Gasteiger partial charge < -0.3 is 29.3 Å². The minimum Gasteiger partial charge on any atom is -0.497 e. The lowest BCUT2D eigenvalue weighted by atomic mass is 9.92. The summed E-state index contributed by atoms with van der Waals surface area (Å²) in [7, 11) is 7.19. The van der Waals surface area contributed by atoms with E-state index in [0.717, 1.165) is 51.8 Å². The maximum Gasteiger partial charge on any atom is 0.321 e. The molecule has 7 heteroatoms. The van der Waals surface area contributed by atoms with E-state index in [1.165, 1.54) is 19.3 Å². The van der Waals surface area contributed by atoms with Crippen molar-refractivity contribution in [1.29, 1.82) is 0 Å². The van der Waals surface area contributed by atoms with E-state index in [1.807, 2.05) is 24.1 Å². The van der Waals surface area contributed by atoms with Gasteiger partial charge in [0.1, 0.15) is 11.5 Å². The highest BCUT2D eigenvalue weighted by molar-refractivity contribution is 5.91. The Hall–Kier alpha value is -2.25. The summed E-state index contributed by atoms with van der Waals surface area (Å²) in [6, 6.07) is 5.47. The van der Waals surface area contributed by atoms with Gasteiger partial charge in [-0.2, -0.15) is 0 Å². The number of carbonyl (C=O) groups excluding carboxylic acids is 1. The third-order valence-electron chi connectivity index (χ3n) is 6.39. The summed E-state index contributed by atoms with van der Waals surface area (Å²) in [5.74, 6) is 1.27. The second-order valence-electron chi connectivity index (χ2n) is 8.87. The predicted octanol–water partition coefficient (Wildman–Crippen LogP) is 5.17. The zero-order valence-corrected chi connectivity index (χ0v) is 21.0. The molecule has 0 spiro atoms. The summed E-state index contributed by atoms with van der Waals surface area (Å²) in [6.07, 6.45) is 11.0. The molecule has 1 aromatic rings. The number of amides is 2. The van der Waals surface area contributed by atoms with Gasteiger partial charge in [0.25, 0.3) is 0 Å². The second-order valence-corrected chi connectivity index (χ2v) is 8.87. The Morgan fingerprint density at radius 1 is 1.09 bits per heavy atom. The third-order valence-corrected chi connectivity index (χ3v) is 6.39. The molecular weight excluding hydrogens is 418 g/mol. The molecule has 2 rings (SSSR count). The molecule has 0 unspecified atom stereocenters. The highest BCUT2D eigenvalue weighted by atomic mass is 16.5. The van der Waals surface area contributed by atoms with Gasteiger partial charge in [0.2, 0.25) is 0 Å². The van der Waals surface area contributed by atoms with Crippen LogP contribution in [0.4, 0.5) is 10.5 Å². The Morgan fingerprint density at radius 2 is 1.82 bits per heavy atom. The molecule has 0 atom stereocenters. The zero-order valence-electron chi connectivity index (χ0n) is 21.0. The van der Waals surface area contributed by atoms with Crippen LogP contribution >= 0.6 is 0 Å². The maximum atomic E-state index is 12.8. The van der Waals surface area contributed by atoms with E-state index in [0.29, 0.717) is 23.3 Å². The Bertz CT molecular complexity index is 719. The molecule has 186 valence electrons. The van der Waals surface area contributed by atoms with Gasteiger partial charge in [-0.05, 0) is 64.3 Å². The van der Waals surface area contributed by atoms with Crippen molar-refractivity contribution < 1.29 is 19.0 Å². The lowest BCUT2D eigenvalue weighted by Gasteiger charge is -2.34. The van der Waals surface area contributed by atoms with E-state index in [-0.39, 0.29) is 12.1 Å². The van der Waals surface area contributed by atoms with Crippen LogP contribution in [-0.2, 0) is 4.74 Å². The number of likely N-dealkylation sites (N-methyl/N-ethyl adjacent to an activating group) is 1. The number of benzene rings is 1. The number of hydrogen-bond acceptors (Lipinski definition) is 5. The van der Waals surface area contributed by atoms with Crippen LogP contribution in [0.2, 0.25) is 0 Å². The van der Waals surface area contributed by atoms with E-state index in [2.05, 4.69) is 23.8 Å². The molecule has 0 aromatic heterocycles. The molecule has 1 aliphatic carbocycles. The molecule has 0 heterocycles. The van der Waals surface area contributed by atoms with Crippen molar-refractivity contribution >= 4 is 11.7 Å². The summed E-state index contributed by atoms with van der Waals surface area (Å²) >= 11 is 0. The fourth-order valence-electron chi connectivity index (χ4n) is 4.27. The zero-order chi connectivity index (χ0) is 24.1. The van der Waals surface area contributed by atoms with Crippen molar-refractivity contribution in [3.63, 3.8) is 0 Å². The minimum absolute atomic E-state index is 0.124. The molecule has 0 radical (unpaired) electrons. The summed E-state index contributed by atoms with van der Waals surface area (Å²) in [5.41, 5.74) is 0.638. The fourth-order valence-corrected chi connectivity index (χ4v) is 4.27. The number of nitrogens with one attached hydrogen (secondary N) is 1. The van der Waals surface area contributed by atoms with Crippen molar-refractivity contribution in [3.8, 4) is 11.5 Å². The first kappa shape index (κ1) is 27.0. The van der Waals surface area contributed by atoms with Crippen molar-refractivity contribution in [2.24, 2.45) is 0 Å². The second kappa shape index (κ2) is 14.8. The van der Waals surface area contributed by atoms with E-state index in [4.69, 9.17) is 14.2 Å². The standard InChI is InChI=1S/C26H43N3O4/c1-6-17-28(2)18-9-7-8-10-19-33-22-13-11-21(12-14-22)29(3)26(30)27-24-16-15-23(31-4)20-25(24)32-5/h6,15-16,20-22H,1,7-14,17-19H2,2-5H3,(H,27,30). The quantitative estimate of drug-likeness (QED) is 0.306. The molecule has 1 N–H and O–H groups in total. The molecule has 1 aromatic carbocycles. The Labute approximate surface area is 200 Å². The van der Waals surface area contributed by atoms with Crippen LogP contribution in [-0.4, -0.2) is 76.0 Å². The van der Waals surface area contributed by atoms with Crippen LogP contribution in [0.1, 0.15) is 51.4 Å². The first-order valence-corrected chi connectivity index (χ1v) is 12.1. The molecule has 0 aliphatic heterocycles. The molecule has 1 saturated carbocycles. The van der Waals surface area contributed by atoms with Gasteiger partial charge in [0.15, 0.2) is 0 Å². The van der Waals surface area contributed by atoms with Gasteiger partial charge >= 0.3 is 6.03 Å². The number of ether oxygens (including phenoxy) is 3. The van der Waals surface area contributed by atoms with Crippen molar-refractivity contribution in [3.05, 3.63) is 30.9 Å². The number of anilines is 1. The summed E-state index contributed by atoms with van der Waals surface area (Å²) in [4.78, 5) is 16.9. The average Bonchev–Trinajstić information content (AvgIpc) is 2.83. The average molecular weight is 462 g/mol. The normalized spacial score (nSPS) is 18.1. The Balaban J connectivity index is 1.63. The molecular formula is C26H43N3O4. The maximum absolute atomic E-state index is 12.8.